The van der Waals surface area contributed by atoms with Gasteiger partial charge in [-0.15, -0.1) is 0 Å². The summed E-state index contributed by atoms with van der Waals surface area (Å²) in [4.78, 5) is 12.5. The first-order valence-corrected chi connectivity index (χ1v) is 10.7. The van der Waals surface area contributed by atoms with E-state index in [1.807, 2.05) is 13.0 Å². The number of nitriles is 1. The van der Waals surface area contributed by atoms with E-state index in [0.29, 0.717) is 22.0 Å². The minimum Gasteiger partial charge on any atom is -0.488 e. The molecule has 0 spiro atoms. The van der Waals surface area contributed by atoms with Crippen LogP contribution in [0.5, 0.6) is 5.75 Å². The van der Waals surface area contributed by atoms with Crippen molar-refractivity contribution in [3.63, 3.8) is 0 Å². The van der Waals surface area contributed by atoms with Crippen molar-refractivity contribution in [2.24, 2.45) is 0 Å². The lowest BCUT2D eigenvalue weighted by atomic mass is 10.1. The molecule has 0 aromatic heterocycles. The molecule has 0 saturated carbocycles. The van der Waals surface area contributed by atoms with Gasteiger partial charge in [-0.25, -0.2) is 4.39 Å². The molecule has 0 bridgehead atoms. The Morgan fingerprint density at radius 1 is 1.23 bits per heavy atom. The molecule has 3 aromatic carbocycles. The molecule has 0 aliphatic rings. The number of amides is 1. The summed E-state index contributed by atoms with van der Waals surface area (Å²) in [6.07, 6.45) is 1.51. The molecule has 0 saturated heterocycles. The van der Waals surface area contributed by atoms with Crippen LogP contribution in [-0.2, 0) is 11.4 Å². The van der Waals surface area contributed by atoms with Gasteiger partial charge in [-0.2, -0.15) is 5.26 Å². The van der Waals surface area contributed by atoms with Crippen molar-refractivity contribution in [1.29, 1.82) is 5.26 Å². The molecule has 0 atom stereocenters. The molecule has 7 heteroatoms. The zero-order valence-corrected chi connectivity index (χ0v) is 19.4. The molecule has 1 amide bonds. The minimum atomic E-state index is -0.519. The minimum absolute atomic E-state index is 0.0383. The maximum absolute atomic E-state index is 13.3. The number of carbonyl (C=O) groups is 1. The van der Waals surface area contributed by atoms with E-state index in [1.54, 1.807) is 48.5 Å². The van der Waals surface area contributed by atoms with Gasteiger partial charge in [-0.3, -0.25) is 4.79 Å². The highest BCUT2D eigenvalue weighted by Crippen LogP contribution is 2.25. The highest BCUT2D eigenvalue weighted by Gasteiger charge is 2.12. The molecule has 3 aromatic rings. The Balaban J connectivity index is 1.73. The fraction of sp³-hybridized carbons (Fsp3) is 0.0833. The van der Waals surface area contributed by atoms with Gasteiger partial charge in [0.1, 0.15) is 29.8 Å². The normalized spacial score (nSPS) is 11.0. The largest absolute Gasteiger partial charge is 0.488 e. The smallest absolute Gasteiger partial charge is 0.266 e. The number of anilines is 1. The van der Waals surface area contributed by atoms with Crippen LogP contribution in [-0.4, -0.2) is 5.91 Å². The van der Waals surface area contributed by atoms with Crippen molar-refractivity contribution in [3.8, 4) is 11.8 Å². The van der Waals surface area contributed by atoms with Gasteiger partial charge in [-0.1, -0.05) is 35.9 Å². The number of rotatable bonds is 6. The Kier molecular flexibility index (Phi) is 7.66. The lowest BCUT2D eigenvalue weighted by Gasteiger charge is -2.10. The van der Waals surface area contributed by atoms with Crippen molar-refractivity contribution in [2.45, 2.75) is 13.5 Å². The predicted octanol–water partition coefficient (Wildman–Crippen LogP) is 6.52. The number of nitrogens with zero attached hydrogens (tertiary/aromatic N) is 1. The van der Waals surface area contributed by atoms with Crippen LogP contribution in [0, 0.1) is 27.6 Å². The van der Waals surface area contributed by atoms with Crippen molar-refractivity contribution in [1.82, 2.24) is 0 Å². The summed E-state index contributed by atoms with van der Waals surface area (Å²) in [7, 11) is 0. The average molecular weight is 547 g/mol. The van der Waals surface area contributed by atoms with Crippen LogP contribution in [0.1, 0.15) is 16.7 Å². The summed E-state index contributed by atoms with van der Waals surface area (Å²) >= 11 is 8.10. The van der Waals surface area contributed by atoms with Gasteiger partial charge in [0.15, 0.2) is 0 Å². The van der Waals surface area contributed by atoms with Crippen LogP contribution >= 0.6 is 34.2 Å². The van der Waals surface area contributed by atoms with Crippen molar-refractivity contribution < 1.29 is 13.9 Å². The number of ether oxygens (including phenoxy) is 1. The molecule has 0 aliphatic heterocycles. The molecule has 0 aliphatic carbocycles. The fourth-order valence-electron chi connectivity index (χ4n) is 2.75. The SMILES string of the molecule is Cc1ccc(Cl)cc1NC(=O)/C(C#N)=C/c1ccc(OCc2cccc(F)c2)c(I)c1. The van der Waals surface area contributed by atoms with Crippen molar-refractivity contribution in [2.75, 3.05) is 5.32 Å². The summed E-state index contributed by atoms with van der Waals surface area (Å²) in [5.41, 5.74) is 2.75. The summed E-state index contributed by atoms with van der Waals surface area (Å²) in [5.74, 6) is -0.208. The Morgan fingerprint density at radius 3 is 2.74 bits per heavy atom. The van der Waals surface area contributed by atoms with Gasteiger partial charge < -0.3 is 10.1 Å². The quantitative estimate of drug-likeness (QED) is 0.218. The number of halogens is 3. The number of aryl methyl sites for hydroxylation is 1. The van der Waals surface area contributed by atoms with Gasteiger partial charge in [0.05, 0.1) is 3.57 Å². The van der Waals surface area contributed by atoms with Crippen LogP contribution < -0.4 is 10.1 Å². The first-order chi connectivity index (χ1) is 14.9. The number of hydrogen-bond donors (Lipinski definition) is 1. The van der Waals surface area contributed by atoms with E-state index in [1.165, 1.54) is 18.2 Å². The third-order valence-electron chi connectivity index (χ3n) is 4.36. The first-order valence-electron chi connectivity index (χ1n) is 9.22. The molecule has 3 rings (SSSR count). The highest BCUT2D eigenvalue weighted by molar-refractivity contribution is 14.1. The maximum atomic E-state index is 13.3. The second kappa shape index (κ2) is 10.4. The van der Waals surface area contributed by atoms with Gasteiger partial charge in [0.2, 0.25) is 0 Å². The highest BCUT2D eigenvalue weighted by atomic mass is 127. The van der Waals surface area contributed by atoms with Gasteiger partial charge in [-0.05, 0) is 88.7 Å². The van der Waals surface area contributed by atoms with E-state index in [9.17, 15) is 14.4 Å². The lowest BCUT2D eigenvalue weighted by Crippen LogP contribution is -2.14. The summed E-state index contributed by atoms with van der Waals surface area (Å²) in [6, 6.07) is 18.6. The molecule has 0 fully saturated rings. The second-order valence-electron chi connectivity index (χ2n) is 6.69. The average Bonchev–Trinajstić information content (AvgIpc) is 2.74. The Bertz CT molecular complexity index is 1200. The standard InChI is InChI=1S/C24H17ClFIN2O2/c1-15-5-7-19(25)12-22(15)29-24(30)18(13-28)9-16-6-8-23(21(27)11-16)31-14-17-3-2-4-20(26)10-17/h2-12H,14H2,1H3,(H,29,30)/b18-9+. The van der Waals surface area contributed by atoms with Crippen LogP contribution in [0.4, 0.5) is 10.1 Å². The van der Waals surface area contributed by atoms with E-state index in [0.717, 1.165) is 14.7 Å². The molecule has 31 heavy (non-hydrogen) atoms. The van der Waals surface area contributed by atoms with Gasteiger partial charge in [0, 0.05) is 10.7 Å². The van der Waals surface area contributed by atoms with Gasteiger partial charge in [0.25, 0.3) is 5.91 Å². The topological polar surface area (TPSA) is 62.1 Å². The van der Waals surface area contributed by atoms with Gasteiger partial charge >= 0.3 is 0 Å². The van der Waals surface area contributed by atoms with E-state index < -0.39 is 5.91 Å². The Morgan fingerprint density at radius 2 is 2.03 bits per heavy atom. The molecule has 156 valence electrons. The van der Waals surface area contributed by atoms with Crippen LogP contribution in [0.2, 0.25) is 5.02 Å². The Hall–Kier alpha value is -2.89. The predicted molar refractivity (Wildman–Crippen MR) is 128 cm³/mol. The molecule has 0 unspecified atom stereocenters. The first kappa shape index (κ1) is 22.8. The van der Waals surface area contributed by atoms with Crippen LogP contribution in [0.15, 0.2) is 66.2 Å². The van der Waals surface area contributed by atoms with Crippen molar-refractivity contribution >= 4 is 51.9 Å². The molecular formula is C24H17ClFIN2O2. The lowest BCUT2D eigenvalue weighted by molar-refractivity contribution is -0.112. The third kappa shape index (κ3) is 6.29. The zero-order valence-electron chi connectivity index (χ0n) is 16.5. The number of nitrogens with one attached hydrogen (secondary N) is 1. The molecule has 4 nitrogen and oxygen atoms in total. The summed E-state index contributed by atoms with van der Waals surface area (Å²) < 4.78 is 19.9. The summed E-state index contributed by atoms with van der Waals surface area (Å²) in [5, 5.41) is 12.7. The van der Waals surface area contributed by atoms with Crippen LogP contribution in [0.25, 0.3) is 6.08 Å². The van der Waals surface area contributed by atoms with E-state index in [-0.39, 0.29) is 18.0 Å². The van der Waals surface area contributed by atoms with E-state index in [4.69, 9.17) is 16.3 Å². The van der Waals surface area contributed by atoms with Crippen LogP contribution in [0.3, 0.4) is 0 Å². The zero-order chi connectivity index (χ0) is 22.4. The third-order valence-corrected chi connectivity index (χ3v) is 5.44. The molecule has 1 N–H and O–H groups in total. The molecule has 0 heterocycles. The molecular weight excluding hydrogens is 530 g/mol. The monoisotopic (exact) mass is 546 g/mol. The number of hydrogen-bond acceptors (Lipinski definition) is 3. The number of benzene rings is 3. The van der Waals surface area contributed by atoms with Crippen molar-refractivity contribution in [3.05, 3.63) is 97.3 Å². The Labute approximate surface area is 198 Å². The summed E-state index contributed by atoms with van der Waals surface area (Å²) in [6.45, 7) is 2.07. The molecule has 0 radical (unpaired) electrons. The maximum Gasteiger partial charge on any atom is 0.266 e. The fourth-order valence-corrected chi connectivity index (χ4v) is 3.61. The van der Waals surface area contributed by atoms with E-state index >= 15 is 0 Å². The second-order valence-corrected chi connectivity index (χ2v) is 8.29. The van der Waals surface area contributed by atoms with E-state index in [2.05, 4.69) is 27.9 Å². The number of carbonyl (C=O) groups excluding carboxylic acids is 1.